The second-order valence-corrected chi connectivity index (χ2v) is 16.7. The Morgan fingerprint density at radius 3 is 2.28 bits per heavy atom. The van der Waals surface area contributed by atoms with E-state index in [0.29, 0.717) is 64.1 Å². The highest BCUT2D eigenvalue weighted by Gasteiger charge is 2.46. The molecule has 0 radical (unpaired) electrons. The number of likely N-dealkylation sites (tertiary alicyclic amines) is 1. The second kappa shape index (κ2) is 15.6. The Morgan fingerprint density at radius 1 is 0.862 bits per heavy atom. The summed E-state index contributed by atoms with van der Waals surface area (Å²) in [6, 6.07) is 9.51. The Labute approximate surface area is 341 Å². The lowest BCUT2D eigenvalue weighted by molar-refractivity contribution is -0.136. The standard InChI is InChI=1S/C42H44ClN9O6/c1-44-34-5-3-29(19-33(34)43)58-30-16-26-23-51(24-27(26)17-30)42(57)35-20-46-37(21-45-35)50-10-8-25(9-11-50)22-48-12-14-49(15-13-48)28-2-4-31-32(18-28)41(56)52(40(31)55)36-6-7-38(53)47-39(36)54/h2-5,18-21,25-27,30,36H,6-17,22-24H2,(H,47,53,54)/t26-,27+,30?,36?. The smallest absolute Gasteiger partial charge is 0.274 e. The van der Waals surface area contributed by atoms with Gasteiger partial charge in [-0.3, -0.25) is 39.1 Å². The molecule has 5 amide bonds. The first-order valence-corrected chi connectivity index (χ1v) is 20.5. The zero-order valence-corrected chi connectivity index (χ0v) is 32.8. The molecule has 58 heavy (non-hydrogen) atoms. The lowest BCUT2D eigenvalue weighted by Gasteiger charge is -2.39. The first-order valence-electron chi connectivity index (χ1n) is 20.1. The van der Waals surface area contributed by atoms with Crippen LogP contribution in [0.1, 0.15) is 69.7 Å². The van der Waals surface area contributed by atoms with Crippen molar-refractivity contribution in [3.05, 3.63) is 82.1 Å². The molecule has 1 saturated carbocycles. The predicted molar refractivity (Wildman–Crippen MR) is 213 cm³/mol. The van der Waals surface area contributed by atoms with Crippen LogP contribution in [-0.4, -0.2) is 125 Å². The molecule has 5 fully saturated rings. The van der Waals surface area contributed by atoms with Crippen LogP contribution in [0.2, 0.25) is 5.02 Å². The van der Waals surface area contributed by atoms with Crippen molar-refractivity contribution in [2.45, 2.75) is 50.7 Å². The summed E-state index contributed by atoms with van der Waals surface area (Å²) in [7, 11) is 0. The molecule has 300 valence electrons. The number of ether oxygens (including phenoxy) is 1. The monoisotopic (exact) mass is 805 g/mol. The van der Waals surface area contributed by atoms with Gasteiger partial charge in [0.2, 0.25) is 17.5 Å². The maximum atomic E-state index is 13.4. The number of hydrogen-bond donors (Lipinski definition) is 1. The molecule has 9 rings (SSSR count). The molecule has 15 nitrogen and oxygen atoms in total. The fourth-order valence-electron chi connectivity index (χ4n) is 9.66. The van der Waals surface area contributed by atoms with Crippen LogP contribution >= 0.6 is 11.6 Å². The molecule has 2 unspecified atom stereocenters. The third-order valence-corrected chi connectivity index (χ3v) is 13.1. The number of rotatable bonds is 8. The van der Waals surface area contributed by atoms with E-state index in [1.165, 1.54) is 0 Å². The number of halogens is 1. The minimum atomic E-state index is -0.976. The average molecular weight is 806 g/mol. The Bertz CT molecular complexity index is 2180. The van der Waals surface area contributed by atoms with E-state index >= 15 is 0 Å². The highest BCUT2D eigenvalue weighted by atomic mass is 35.5. The number of benzene rings is 2. The topological polar surface area (TPSA) is 153 Å². The number of imide groups is 2. The zero-order chi connectivity index (χ0) is 40.1. The number of nitrogens with one attached hydrogen (secondary N) is 1. The summed E-state index contributed by atoms with van der Waals surface area (Å²) in [5.74, 6) is 0.695. The Kier molecular flexibility index (Phi) is 10.2. The molecule has 1 aromatic heterocycles. The van der Waals surface area contributed by atoms with Gasteiger partial charge < -0.3 is 19.4 Å². The number of fused-ring (bicyclic) bond motifs is 2. The van der Waals surface area contributed by atoms with Crippen molar-refractivity contribution in [3.63, 3.8) is 0 Å². The van der Waals surface area contributed by atoms with Gasteiger partial charge in [0, 0.05) is 71.0 Å². The molecular weight excluding hydrogens is 762 g/mol. The third kappa shape index (κ3) is 7.35. The van der Waals surface area contributed by atoms with Crippen LogP contribution in [0.25, 0.3) is 4.85 Å². The van der Waals surface area contributed by atoms with Gasteiger partial charge in [0.25, 0.3) is 17.7 Å². The summed E-state index contributed by atoms with van der Waals surface area (Å²) in [6.07, 6.45) is 7.43. The summed E-state index contributed by atoms with van der Waals surface area (Å²) in [6.45, 7) is 14.6. The molecule has 0 spiro atoms. The number of piperidine rings is 2. The van der Waals surface area contributed by atoms with Gasteiger partial charge in [0.05, 0.1) is 41.2 Å². The fraction of sp³-hybridized carbons (Fsp3) is 0.476. The molecule has 6 aliphatic rings. The first kappa shape index (κ1) is 38.0. The van der Waals surface area contributed by atoms with Gasteiger partial charge in [-0.25, -0.2) is 14.8 Å². The molecule has 1 aliphatic carbocycles. The van der Waals surface area contributed by atoms with Gasteiger partial charge in [-0.05, 0) is 80.2 Å². The largest absolute Gasteiger partial charge is 0.490 e. The quantitative estimate of drug-likeness (QED) is 0.259. The average Bonchev–Trinajstić information content (AvgIpc) is 3.88. The zero-order valence-electron chi connectivity index (χ0n) is 32.0. The summed E-state index contributed by atoms with van der Waals surface area (Å²) in [5, 5.41) is 2.63. The van der Waals surface area contributed by atoms with Crippen LogP contribution in [0.4, 0.5) is 17.2 Å². The van der Waals surface area contributed by atoms with Crippen LogP contribution in [-0.2, 0) is 9.59 Å². The Hall–Kier alpha value is -5.59. The summed E-state index contributed by atoms with van der Waals surface area (Å²) in [4.78, 5) is 86.4. The summed E-state index contributed by atoms with van der Waals surface area (Å²) < 4.78 is 6.19. The second-order valence-electron chi connectivity index (χ2n) is 16.3. The molecule has 6 heterocycles. The SMILES string of the molecule is [C-]#[N+]c1ccc(OC2C[C@@H]3CN(C(=O)c4cnc(N5CCC(CN6CCN(c7ccc8c(c7)C(=O)N(C7CCC(=O)NC7=O)C8=O)CC6)CC5)cn4)C[C@@H]3C2)cc1Cl. The number of carbonyl (C=O) groups excluding carboxylic acids is 5. The maximum Gasteiger partial charge on any atom is 0.274 e. The van der Waals surface area contributed by atoms with E-state index < -0.39 is 29.7 Å². The molecule has 3 aromatic rings. The highest BCUT2D eigenvalue weighted by Crippen LogP contribution is 2.41. The summed E-state index contributed by atoms with van der Waals surface area (Å²) in [5.41, 5.74) is 2.25. The Morgan fingerprint density at radius 2 is 1.60 bits per heavy atom. The lowest BCUT2D eigenvalue weighted by atomic mass is 9.96. The van der Waals surface area contributed by atoms with Gasteiger partial charge in [-0.2, -0.15) is 0 Å². The molecule has 2 aromatic carbocycles. The third-order valence-electron chi connectivity index (χ3n) is 12.8. The van der Waals surface area contributed by atoms with E-state index in [9.17, 15) is 24.0 Å². The maximum absolute atomic E-state index is 13.4. The molecule has 16 heteroatoms. The van der Waals surface area contributed by atoms with Crippen molar-refractivity contribution in [2.24, 2.45) is 17.8 Å². The van der Waals surface area contributed by atoms with Gasteiger partial charge in [0.15, 0.2) is 0 Å². The van der Waals surface area contributed by atoms with Gasteiger partial charge in [-0.15, -0.1) is 0 Å². The number of piperazine rings is 1. The van der Waals surface area contributed by atoms with E-state index in [1.54, 1.807) is 42.7 Å². The summed E-state index contributed by atoms with van der Waals surface area (Å²) >= 11 is 6.19. The highest BCUT2D eigenvalue weighted by molar-refractivity contribution is 6.33. The predicted octanol–water partition coefficient (Wildman–Crippen LogP) is 4.05. The van der Waals surface area contributed by atoms with Crippen LogP contribution < -0.4 is 19.9 Å². The number of amides is 5. The first-order chi connectivity index (χ1) is 28.1. The van der Waals surface area contributed by atoms with E-state index in [1.807, 2.05) is 11.0 Å². The van der Waals surface area contributed by atoms with Crippen LogP contribution in [0, 0.1) is 24.3 Å². The van der Waals surface area contributed by atoms with E-state index in [2.05, 4.69) is 34.8 Å². The van der Waals surface area contributed by atoms with Gasteiger partial charge >= 0.3 is 0 Å². The van der Waals surface area contributed by atoms with E-state index in [-0.39, 0.29) is 24.9 Å². The normalized spacial score (nSPS) is 25.2. The number of aromatic nitrogens is 2. The van der Waals surface area contributed by atoms with Crippen LogP contribution in [0.5, 0.6) is 5.75 Å². The molecule has 4 atom stereocenters. The van der Waals surface area contributed by atoms with Crippen molar-refractivity contribution >= 4 is 58.3 Å². The number of anilines is 2. The fourth-order valence-corrected chi connectivity index (χ4v) is 9.87. The van der Waals surface area contributed by atoms with Crippen LogP contribution in [0.15, 0.2) is 48.8 Å². The van der Waals surface area contributed by atoms with Crippen LogP contribution in [0.3, 0.4) is 0 Å². The van der Waals surface area contributed by atoms with Crippen molar-refractivity contribution in [3.8, 4) is 5.75 Å². The number of carbonyl (C=O) groups is 5. The Balaban J connectivity index is 0.709. The minimum Gasteiger partial charge on any atom is -0.490 e. The van der Waals surface area contributed by atoms with E-state index in [4.69, 9.17) is 22.9 Å². The lowest BCUT2D eigenvalue weighted by Crippen LogP contribution is -2.54. The van der Waals surface area contributed by atoms with Gasteiger partial charge in [-0.1, -0.05) is 17.7 Å². The molecule has 0 bridgehead atoms. The van der Waals surface area contributed by atoms with E-state index in [0.717, 1.165) is 87.9 Å². The number of nitrogens with zero attached hydrogens (tertiary/aromatic N) is 8. The molecular formula is C42H44ClN9O6. The van der Waals surface area contributed by atoms with Crippen molar-refractivity contribution in [2.75, 3.05) is 68.7 Å². The van der Waals surface area contributed by atoms with Crippen molar-refractivity contribution in [1.29, 1.82) is 0 Å². The molecule has 4 saturated heterocycles. The van der Waals surface area contributed by atoms with Crippen molar-refractivity contribution < 1.29 is 28.7 Å². The molecule has 1 N–H and O–H groups in total. The molecule has 5 aliphatic heterocycles. The van der Waals surface area contributed by atoms with Crippen molar-refractivity contribution in [1.82, 2.24) is 30.0 Å². The minimum absolute atomic E-state index is 0.0599. The number of hydrogen-bond acceptors (Lipinski definition) is 11. The van der Waals surface area contributed by atoms with Gasteiger partial charge in [0.1, 0.15) is 23.3 Å².